The number of carbonyl (C=O) groups excluding carboxylic acids is 1. The second kappa shape index (κ2) is 9.66. The predicted octanol–water partition coefficient (Wildman–Crippen LogP) is 2.96. The molecule has 7 heteroatoms. The molecule has 6 nitrogen and oxygen atoms in total. The number of nitrogens with one attached hydrogen (secondary N) is 1. The zero-order chi connectivity index (χ0) is 20.0. The van der Waals surface area contributed by atoms with E-state index in [1.807, 2.05) is 20.8 Å². The Balaban J connectivity index is 2.05. The average Bonchev–Trinajstić information content (AvgIpc) is 2.61. The topological polar surface area (TPSA) is 75.7 Å². The molecule has 1 heterocycles. The molecule has 152 valence electrons. The minimum atomic E-state index is -3.56. The van der Waals surface area contributed by atoms with Gasteiger partial charge in [0.15, 0.2) is 0 Å². The zero-order valence-electron chi connectivity index (χ0n) is 16.8. The number of carbonyl (C=O) groups is 1. The minimum Gasteiger partial charge on any atom is -0.379 e. The number of ether oxygens (including phenoxy) is 1. The second-order valence-electron chi connectivity index (χ2n) is 7.59. The van der Waals surface area contributed by atoms with Crippen LogP contribution < -0.4 is 5.32 Å². The van der Waals surface area contributed by atoms with Gasteiger partial charge >= 0.3 is 0 Å². The van der Waals surface area contributed by atoms with Gasteiger partial charge in [0.1, 0.15) is 0 Å². The van der Waals surface area contributed by atoms with Crippen LogP contribution in [0.3, 0.4) is 0 Å². The van der Waals surface area contributed by atoms with E-state index >= 15 is 0 Å². The SMILES string of the molecule is Cc1ccc(S(=O)(=O)N2CCC(C)CC2)cc1C(=O)NCCCOC(C)C. The van der Waals surface area contributed by atoms with E-state index in [0.717, 1.165) is 18.4 Å². The first-order valence-corrected chi connectivity index (χ1v) is 11.2. The van der Waals surface area contributed by atoms with Crippen molar-refractivity contribution in [3.8, 4) is 0 Å². The van der Waals surface area contributed by atoms with Crippen molar-refractivity contribution < 1.29 is 17.9 Å². The normalized spacial score (nSPS) is 16.6. The molecule has 2 rings (SSSR count). The molecule has 1 fully saturated rings. The number of nitrogens with zero attached hydrogens (tertiary/aromatic N) is 1. The molecule has 1 N–H and O–H groups in total. The molecule has 0 bridgehead atoms. The van der Waals surface area contributed by atoms with Gasteiger partial charge in [-0.2, -0.15) is 4.31 Å². The monoisotopic (exact) mass is 396 g/mol. The Labute approximate surface area is 163 Å². The van der Waals surface area contributed by atoms with E-state index in [-0.39, 0.29) is 16.9 Å². The summed E-state index contributed by atoms with van der Waals surface area (Å²) in [6, 6.07) is 4.80. The van der Waals surface area contributed by atoms with E-state index in [4.69, 9.17) is 4.74 Å². The van der Waals surface area contributed by atoms with Gasteiger partial charge in [-0.3, -0.25) is 4.79 Å². The van der Waals surface area contributed by atoms with Crippen LogP contribution in [0.4, 0.5) is 0 Å². The first-order valence-electron chi connectivity index (χ1n) is 9.72. The Hall–Kier alpha value is -1.44. The van der Waals surface area contributed by atoms with Gasteiger partial charge in [-0.1, -0.05) is 13.0 Å². The highest BCUT2D eigenvalue weighted by atomic mass is 32.2. The van der Waals surface area contributed by atoms with Crippen LogP contribution in [0, 0.1) is 12.8 Å². The molecule has 0 radical (unpaired) electrons. The minimum absolute atomic E-state index is 0.169. The fourth-order valence-corrected chi connectivity index (χ4v) is 4.57. The lowest BCUT2D eigenvalue weighted by atomic mass is 10.0. The van der Waals surface area contributed by atoms with Crippen LogP contribution in [0.2, 0.25) is 0 Å². The molecule has 0 aromatic heterocycles. The Morgan fingerprint density at radius 2 is 1.96 bits per heavy atom. The standard InChI is InChI=1S/C20H32N2O4S/c1-15(2)26-13-5-10-21-20(23)19-14-18(7-6-17(19)4)27(24,25)22-11-8-16(3)9-12-22/h6-7,14-16H,5,8-13H2,1-4H3,(H,21,23). The highest BCUT2D eigenvalue weighted by molar-refractivity contribution is 7.89. The van der Waals surface area contributed by atoms with Crippen molar-refractivity contribution in [2.24, 2.45) is 5.92 Å². The number of hydrogen-bond acceptors (Lipinski definition) is 4. The van der Waals surface area contributed by atoms with Gasteiger partial charge in [0.05, 0.1) is 11.0 Å². The zero-order valence-corrected chi connectivity index (χ0v) is 17.6. The summed E-state index contributed by atoms with van der Waals surface area (Å²) >= 11 is 0. The van der Waals surface area contributed by atoms with Crippen LogP contribution in [0.25, 0.3) is 0 Å². The molecule has 1 aliphatic heterocycles. The van der Waals surface area contributed by atoms with Crippen molar-refractivity contribution in [2.75, 3.05) is 26.2 Å². The average molecular weight is 397 g/mol. The summed E-state index contributed by atoms with van der Waals surface area (Å²) in [4.78, 5) is 12.7. The largest absolute Gasteiger partial charge is 0.379 e. The van der Waals surface area contributed by atoms with Crippen molar-refractivity contribution >= 4 is 15.9 Å². The fraction of sp³-hybridized carbons (Fsp3) is 0.650. The summed E-state index contributed by atoms with van der Waals surface area (Å²) in [7, 11) is -3.56. The van der Waals surface area contributed by atoms with E-state index in [0.29, 0.717) is 44.1 Å². The predicted molar refractivity (Wildman–Crippen MR) is 106 cm³/mol. The molecule has 0 saturated carbocycles. The fourth-order valence-electron chi connectivity index (χ4n) is 3.07. The number of aryl methyl sites for hydroxylation is 1. The summed E-state index contributed by atoms with van der Waals surface area (Å²) in [5.41, 5.74) is 1.17. The van der Waals surface area contributed by atoms with Crippen LogP contribution in [-0.2, 0) is 14.8 Å². The van der Waals surface area contributed by atoms with Gasteiger partial charge in [0.25, 0.3) is 5.91 Å². The molecule has 1 amide bonds. The molecule has 0 spiro atoms. The Kier molecular flexibility index (Phi) is 7.82. The first kappa shape index (κ1) is 21.9. The van der Waals surface area contributed by atoms with Gasteiger partial charge in [-0.05, 0) is 63.6 Å². The van der Waals surface area contributed by atoms with E-state index in [1.54, 1.807) is 12.1 Å². The van der Waals surface area contributed by atoms with E-state index in [1.165, 1.54) is 10.4 Å². The maximum Gasteiger partial charge on any atom is 0.251 e. The lowest BCUT2D eigenvalue weighted by Crippen LogP contribution is -2.38. The van der Waals surface area contributed by atoms with Gasteiger partial charge < -0.3 is 10.1 Å². The van der Waals surface area contributed by atoms with E-state index in [9.17, 15) is 13.2 Å². The molecule has 0 unspecified atom stereocenters. The van der Waals surface area contributed by atoms with Crippen LogP contribution in [-0.4, -0.2) is 51.0 Å². The molecular weight excluding hydrogens is 364 g/mol. The van der Waals surface area contributed by atoms with Crippen molar-refractivity contribution in [3.05, 3.63) is 29.3 Å². The van der Waals surface area contributed by atoms with Gasteiger partial charge in [0.2, 0.25) is 10.0 Å². The first-order chi connectivity index (χ1) is 12.7. The summed E-state index contributed by atoms with van der Waals surface area (Å²) in [5.74, 6) is 0.303. The Morgan fingerprint density at radius 3 is 2.59 bits per heavy atom. The van der Waals surface area contributed by atoms with Crippen molar-refractivity contribution in [3.63, 3.8) is 0 Å². The van der Waals surface area contributed by atoms with Gasteiger partial charge in [0, 0.05) is 31.8 Å². The Bertz CT molecular complexity index is 738. The third-order valence-corrected chi connectivity index (χ3v) is 6.79. The summed E-state index contributed by atoms with van der Waals surface area (Å²) in [6.07, 6.45) is 2.63. The van der Waals surface area contributed by atoms with Crippen LogP contribution >= 0.6 is 0 Å². The number of piperidine rings is 1. The Morgan fingerprint density at radius 1 is 1.30 bits per heavy atom. The van der Waals surface area contributed by atoms with Crippen LogP contribution in [0.15, 0.2) is 23.1 Å². The number of hydrogen-bond donors (Lipinski definition) is 1. The van der Waals surface area contributed by atoms with Crippen molar-refractivity contribution in [1.29, 1.82) is 0 Å². The molecule has 0 aliphatic carbocycles. The van der Waals surface area contributed by atoms with E-state index < -0.39 is 10.0 Å². The maximum atomic E-state index is 12.9. The summed E-state index contributed by atoms with van der Waals surface area (Å²) in [6.45, 7) is 10.0. The number of rotatable bonds is 8. The molecule has 1 aromatic rings. The smallest absolute Gasteiger partial charge is 0.251 e. The molecule has 1 saturated heterocycles. The molecule has 1 aromatic carbocycles. The van der Waals surface area contributed by atoms with E-state index in [2.05, 4.69) is 12.2 Å². The second-order valence-corrected chi connectivity index (χ2v) is 9.53. The summed E-state index contributed by atoms with van der Waals surface area (Å²) < 4.78 is 32.8. The molecule has 0 atom stereocenters. The molecule has 1 aliphatic rings. The highest BCUT2D eigenvalue weighted by Crippen LogP contribution is 2.25. The van der Waals surface area contributed by atoms with Crippen LogP contribution in [0.1, 0.15) is 56.0 Å². The molecular formula is C20H32N2O4S. The highest BCUT2D eigenvalue weighted by Gasteiger charge is 2.28. The van der Waals surface area contributed by atoms with Crippen molar-refractivity contribution in [2.45, 2.75) is 58.0 Å². The number of amides is 1. The molecule has 27 heavy (non-hydrogen) atoms. The number of sulfonamides is 1. The van der Waals surface area contributed by atoms with Gasteiger partial charge in [-0.15, -0.1) is 0 Å². The van der Waals surface area contributed by atoms with Gasteiger partial charge in [-0.25, -0.2) is 8.42 Å². The quantitative estimate of drug-likeness (QED) is 0.686. The maximum absolute atomic E-state index is 12.9. The lowest BCUT2D eigenvalue weighted by Gasteiger charge is -2.29. The van der Waals surface area contributed by atoms with Crippen molar-refractivity contribution in [1.82, 2.24) is 9.62 Å². The third-order valence-electron chi connectivity index (χ3n) is 4.89. The summed E-state index contributed by atoms with van der Waals surface area (Å²) in [5, 5.41) is 2.85. The van der Waals surface area contributed by atoms with Crippen LogP contribution in [0.5, 0.6) is 0 Å². The lowest BCUT2D eigenvalue weighted by molar-refractivity contribution is 0.0757. The third kappa shape index (κ3) is 6.02. The number of benzene rings is 1.